The molecule has 0 aromatic carbocycles. The average Bonchev–Trinajstić information content (AvgIpc) is 2.47. The van der Waals surface area contributed by atoms with Gasteiger partial charge in [-0.15, -0.1) is 0 Å². The van der Waals surface area contributed by atoms with Gasteiger partial charge in [-0.25, -0.2) is 0 Å². The highest BCUT2D eigenvalue weighted by Gasteiger charge is 2.24. The molecule has 0 bridgehead atoms. The third kappa shape index (κ3) is 6.45. The summed E-state index contributed by atoms with van der Waals surface area (Å²) in [5, 5.41) is 3.73. The van der Waals surface area contributed by atoms with Gasteiger partial charge in [-0.2, -0.15) is 0 Å². The van der Waals surface area contributed by atoms with Crippen LogP contribution in [0, 0.1) is 11.8 Å². The van der Waals surface area contributed by atoms with Crippen molar-refractivity contribution in [2.75, 3.05) is 6.54 Å². The Hall–Kier alpha value is -0.0400. The fraction of sp³-hybridized carbons (Fsp3) is 1.00. The second-order valence-corrected chi connectivity index (χ2v) is 6.93. The largest absolute Gasteiger partial charge is 0.312 e. The summed E-state index contributed by atoms with van der Waals surface area (Å²) in [6, 6.07) is 0. The van der Waals surface area contributed by atoms with Gasteiger partial charge in [-0.1, -0.05) is 51.9 Å². The van der Waals surface area contributed by atoms with Crippen molar-refractivity contribution in [1.82, 2.24) is 5.32 Å². The van der Waals surface area contributed by atoms with Gasteiger partial charge in [0, 0.05) is 5.54 Å². The first-order chi connectivity index (χ1) is 8.03. The van der Waals surface area contributed by atoms with E-state index in [1.807, 2.05) is 0 Å². The van der Waals surface area contributed by atoms with Crippen molar-refractivity contribution in [3.05, 3.63) is 0 Å². The van der Waals surface area contributed by atoms with E-state index in [2.05, 4.69) is 33.0 Å². The van der Waals surface area contributed by atoms with E-state index in [0.717, 1.165) is 11.8 Å². The van der Waals surface area contributed by atoms with Gasteiger partial charge in [-0.3, -0.25) is 0 Å². The molecule has 0 radical (unpaired) electrons. The van der Waals surface area contributed by atoms with Gasteiger partial charge in [0.05, 0.1) is 0 Å². The highest BCUT2D eigenvalue weighted by molar-refractivity contribution is 4.79. The monoisotopic (exact) mass is 239 g/mol. The Morgan fingerprint density at radius 3 is 2.24 bits per heavy atom. The molecule has 2 atom stereocenters. The normalized spacial score (nSPS) is 26.8. The van der Waals surface area contributed by atoms with Crippen LogP contribution in [0.4, 0.5) is 0 Å². The predicted octanol–water partition coefficient (Wildman–Crippen LogP) is 4.76. The van der Waals surface area contributed by atoms with Crippen molar-refractivity contribution in [3.63, 3.8) is 0 Å². The highest BCUT2D eigenvalue weighted by atomic mass is 14.9. The van der Waals surface area contributed by atoms with Crippen LogP contribution < -0.4 is 5.32 Å². The molecule has 102 valence electrons. The molecule has 1 nitrogen and oxygen atoms in total. The van der Waals surface area contributed by atoms with E-state index >= 15 is 0 Å². The van der Waals surface area contributed by atoms with Gasteiger partial charge in [0.25, 0.3) is 0 Å². The Bertz CT molecular complexity index is 192. The van der Waals surface area contributed by atoms with Crippen LogP contribution in [-0.2, 0) is 0 Å². The molecule has 0 saturated heterocycles. The second-order valence-electron chi connectivity index (χ2n) is 6.93. The van der Waals surface area contributed by atoms with E-state index in [-0.39, 0.29) is 5.54 Å². The molecule has 0 aromatic rings. The summed E-state index contributed by atoms with van der Waals surface area (Å²) in [7, 11) is 0. The zero-order valence-corrected chi connectivity index (χ0v) is 12.5. The lowest BCUT2D eigenvalue weighted by molar-refractivity contribution is 0.255. The summed E-state index contributed by atoms with van der Waals surface area (Å²) in [6.45, 7) is 10.4. The van der Waals surface area contributed by atoms with E-state index in [0.29, 0.717) is 0 Å². The molecule has 1 aliphatic carbocycles. The van der Waals surface area contributed by atoms with Gasteiger partial charge in [0.2, 0.25) is 0 Å². The van der Waals surface area contributed by atoms with Crippen molar-refractivity contribution >= 4 is 0 Å². The van der Waals surface area contributed by atoms with Crippen LogP contribution in [-0.4, -0.2) is 12.1 Å². The molecule has 1 heteroatoms. The minimum absolute atomic E-state index is 0.279. The van der Waals surface area contributed by atoms with Crippen molar-refractivity contribution in [3.8, 4) is 0 Å². The lowest BCUT2D eigenvalue weighted by Gasteiger charge is -2.29. The Kier molecular flexibility index (Phi) is 6.54. The van der Waals surface area contributed by atoms with Gasteiger partial charge < -0.3 is 5.32 Å². The van der Waals surface area contributed by atoms with Crippen LogP contribution in [0.2, 0.25) is 0 Å². The topological polar surface area (TPSA) is 12.0 Å². The van der Waals surface area contributed by atoms with Crippen LogP contribution in [0.25, 0.3) is 0 Å². The number of hydrogen-bond acceptors (Lipinski definition) is 1. The lowest BCUT2D eigenvalue weighted by Crippen LogP contribution is -2.40. The molecule has 0 aliphatic heterocycles. The molecule has 0 spiro atoms. The highest BCUT2D eigenvalue weighted by Crippen LogP contribution is 2.32. The molecule has 0 heterocycles. The zero-order valence-electron chi connectivity index (χ0n) is 12.5. The van der Waals surface area contributed by atoms with Crippen molar-refractivity contribution in [1.29, 1.82) is 0 Å². The number of nitrogens with one attached hydrogen (secondary N) is 1. The van der Waals surface area contributed by atoms with E-state index in [1.165, 1.54) is 57.9 Å². The molecular weight excluding hydrogens is 206 g/mol. The molecule has 1 aliphatic rings. The molecule has 1 rings (SSSR count). The number of rotatable bonds is 5. The molecule has 17 heavy (non-hydrogen) atoms. The summed E-state index contributed by atoms with van der Waals surface area (Å²) in [5.41, 5.74) is 0.279. The third-order valence-corrected chi connectivity index (χ3v) is 4.14. The molecule has 0 aromatic heterocycles. The van der Waals surface area contributed by atoms with Crippen LogP contribution >= 0.6 is 0 Å². The summed E-state index contributed by atoms with van der Waals surface area (Å²) in [4.78, 5) is 0. The van der Waals surface area contributed by atoms with Crippen LogP contribution in [0.1, 0.15) is 79.1 Å². The Labute approximate surface area is 109 Å². The van der Waals surface area contributed by atoms with Gasteiger partial charge in [-0.05, 0) is 45.6 Å². The molecule has 1 fully saturated rings. The first-order valence-electron chi connectivity index (χ1n) is 7.78. The molecule has 2 unspecified atom stereocenters. The van der Waals surface area contributed by atoms with Crippen LogP contribution in [0.5, 0.6) is 0 Å². The van der Waals surface area contributed by atoms with E-state index in [9.17, 15) is 0 Å². The first-order valence-corrected chi connectivity index (χ1v) is 7.78. The molecule has 0 amide bonds. The first kappa shape index (κ1) is 15.0. The zero-order chi connectivity index (χ0) is 12.7. The second kappa shape index (κ2) is 7.41. The minimum atomic E-state index is 0.279. The molecule has 1 saturated carbocycles. The van der Waals surface area contributed by atoms with Crippen molar-refractivity contribution in [2.24, 2.45) is 11.8 Å². The SMILES string of the molecule is CCCCC1CCCCCC1CNC(C)(C)C. The Morgan fingerprint density at radius 1 is 1.00 bits per heavy atom. The summed E-state index contributed by atoms with van der Waals surface area (Å²) in [5.74, 6) is 1.93. The fourth-order valence-corrected chi connectivity index (χ4v) is 3.01. The quantitative estimate of drug-likeness (QED) is 0.682. The van der Waals surface area contributed by atoms with Crippen LogP contribution in [0.15, 0.2) is 0 Å². The summed E-state index contributed by atoms with van der Waals surface area (Å²) in [6.07, 6.45) is 11.6. The van der Waals surface area contributed by atoms with E-state index in [1.54, 1.807) is 0 Å². The Morgan fingerprint density at radius 2 is 1.65 bits per heavy atom. The standard InChI is InChI=1S/C16H33N/c1-5-6-10-14-11-8-7-9-12-15(14)13-17-16(2,3)4/h14-15,17H,5-13H2,1-4H3. The Balaban J connectivity index is 2.43. The minimum Gasteiger partial charge on any atom is -0.312 e. The van der Waals surface area contributed by atoms with Crippen molar-refractivity contribution in [2.45, 2.75) is 84.6 Å². The van der Waals surface area contributed by atoms with E-state index in [4.69, 9.17) is 0 Å². The molecule has 1 N–H and O–H groups in total. The smallest absolute Gasteiger partial charge is 0.00966 e. The maximum atomic E-state index is 3.73. The van der Waals surface area contributed by atoms with Crippen LogP contribution in [0.3, 0.4) is 0 Å². The maximum Gasteiger partial charge on any atom is 0.00966 e. The maximum absolute atomic E-state index is 3.73. The summed E-state index contributed by atoms with van der Waals surface area (Å²) < 4.78 is 0. The summed E-state index contributed by atoms with van der Waals surface area (Å²) >= 11 is 0. The molecular formula is C16H33N. The van der Waals surface area contributed by atoms with Gasteiger partial charge in [0.1, 0.15) is 0 Å². The number of hydrogen-bond donors (Lipinski definition) is 1. The van der Waals surface area contributed by atoms with Gasteiger partial charge in [0.15, 0.2) is 0 Å². The van der Waals surface area contributed by atoms with Crippen molar-refractivity contribution < 1.29 is 0 Å². The lowest BCUT2D eigenvalue weighted by atomic mass is 9.83. The van der Waals surface area contributed by atoms with Gasteiger partial charge >= 0.3 is 0 Å². The fourth-order valence-electron chi connectivity index (χ4n) is 3.01. The third-order valence-electron chi connectivity index (χ3n) is 4.14. The predicted molar refractivity (Wildman–Crippen MR) is 77.3 cm³/mol. The average molecular weight is 239 g/mol. The van der Waals surface area contributed by atoms with E-state index < -0.39 is 0 Å². The number of unbranched alkanes of at least 4 members (excludes halogenated alkanes) is 1.